The monoisotopic (exact) mass is 314 g/mol. The van der Waals surface area contributed by atoms with Crippen LogP contribution >= 0.6 is 0 Å². The first-order valence-electron chi connectivity index (χ1n) is 7.86. The summed E-state index contributed by atoms with van der Waals surface area (Å²) in [6.45, 7) is 0.465. The number of hydrogen-bond acceptors (Lipinski definition) is 3. The SMILES string of the molecule is O=C(NCCc1ccc2c(n1)CCCC2)Nc1cccc(F)n1. The van der Waals surface area contributed by atoms with E-state index in [4.69, 9.17) is 0 Å². The van der Waals surface area contributed by atoms with Crippen LogP contribution in [0, 0.1) is 5.95 Å². The molecule has 2 heterocycles. The number of halogens is 1. The number of urea groups is 1. The van der Waals surface area contributed by atoms with Crippen molar-refractivity contribution in [1.82, 2.24) is 15.3 Å². The Balaban J connectivity index is 1.48. The van der Waals surface area contributed by atoms with E-state index in [0.717, 1.165) is 18.5 Å². The van der Waals surface area contributed by atoms with Crippen LogP contribution in [0.5, 0.6) is 0 Å². The van der Waals surface area contributed by atoms with Crippen molar-refractivity contribution >= 4 is 11.8 Å². The standard InChI is InChI=1S/C17H19FN4O/c18-15-6-3-7-16(21-15)22-17(23)19-11-10-13-9-8-12-4-1-2-5-14(12)20-13/h3,6-9H,1-2,4-5,10-11H2,(H2,19,21,22,23). The van der Waals surface area contributed by atoms with Crippen molar-refractivity contribution in [2.24, 2.45) is 0 Å². The van der Waals surface area contributed by atoms with Gasteiger partial charge in [0.15, 0.2) is 0 Å². The maximum absolute atomic E-state index is 12.9. The molecule has 2 aromatic rings. The van der Waals surface area contributed by atoms with Gasteiger partial charge in [-0.15, -0.1) is 0 Å². The lowest BCUT2D eigenvalue weighted by Crippen LogP contribution is -2.31. The molecular formula is C17H19FN4O. The highest BCUT2D eigenvalue weighted by atomic mass is 19.1. The van der Waals surface area contributed by atoms with Gasteiger partial charge in [0.2, 0.25) is 5.95 Å². The fourth-order valence-electron chi connectivity index (χ4n) is 2.71. The van der Waals surface area contributed by atoms with Gasteiger partial charge in [-0.2, -0.15) is 4.39 Å². The molecule has 23 heavy (non-hydrogen) atoms. The molecule has 0 saturated carbocycles. The van der Waals surface area contributed by atoms with Gasteiger partial charge in [0.25, 0.3) is 0 Å². The molecular weight excluding hydrogens is 295 g/mol. The van der Waals surface area contributed by atoms with E-state index in [-0.39, 0.29) is 5.82 Å². The molecule has 6 heteroatoms. The van der Waals surface area contributed by atoms with Gasteiger partial charge in [0.1, 0.15) is 5.82 Å². The van der Waals surface area contributed by atoms with Gasteiger partial charge in [-0.1, -0.05) is 12.1 Å². The molecule has 0 radical (unpaired) electrons. The molecule has 120 valence electrons. The topological polar surface area (TPSA) is 66.9 Å². The number of nitrogens with zero attached hydrogens (tertiary/aromatic N) is 2. The lowest BCUT2D eigenvalue weighted by Gasteiger charge is -2.15. The molecule has 0 unspecified atom stereocenters. The van der Waals surface area contributed by atoms with Gasteiger partial charge >= 0.3 is 6.03 Å². The van der Waals surface area contributed by atoms with Crippen LogP contribution in [0.25, 0.3) is 0 Å². The molecule has 5 nitrogen and oxygen atoms in total. The third kappa shape index (κ3) is 4.25. The Morgan fingerprint density at radius 2 is 2.00 bits per heavy atom. The normalized spacial score (nSPS) is 13.3. The number of aromatic nitrogens is 2. The van der Waals surface area contributed by atoms with Crippen molar-refractivity contribution in [3.63, 3.8) is 0 Å². The van der Waals surface area contributed by atoms with Crippen LogP contribution in [0.1, 0.15) is 29.8 Å². The molecule has 0 bridgehead atoms. The Bertz CT molecular complexity index is 705. The number of aryl methyl sites for hydroxylation is 2. The summed E-state index contributed by atoms with van der Waals surface area (Å²) in [7, 11) is 0. The van der Waals surface area contributed by atoms with Crippen molar-refractivity contribution < 1.29 is 9.18 Å². The number of rotatable bonds is 4. The number of nitrogens with one attached hydrogen (secondary N) is 2. The Labute approximate surface area is 134 Å². The van der Waals surface area contributed by atoms with Crippen LogP contribution < -0.4 is 10.6 Å². The predicted molar refractivity (Wildman–Crippen MR) is 85.8 cm³/mol. The molecule has 0 saturated heterocycles. The van der Waals surface area contributed by atoms with Gasteiger partial charge in [-0.05, 0) is 49.4 Å². The van der Waals surface area contributed by atoms with E-state index in [2.05, 4.69) is 26.7 Å². The average Bonchev–Trinajstić information content (AvgIpc) is 2.55. The predicted octanol–water partition coefficient (Wildman–Crippen LogP) is 2.86. The van der Waals surface area contributed by atoms with Crippen LogP contribution in [-0.4, -0.2) is 22.5 Å². The fraction of sp³-hybridized carbons (Fsp3) is 0.353. The molecule has 2 aromatic heterocycles. The van der Waals surface area contributed by atoms with E-state index in [1.807, 2.05) is 6.07 Å². The summed E-state index contributed by atoms with van der Waals surface area (Å²) in [5.74, 6) is -0.435. The van der Waals surface area contributed by atoms with Crippen molar-refractivity contribution in [3.05, 3.63) is 53.2 Å². The number of carbonyl (C=O) groups excluding carboxylic acids is 1. The van der Waals surface area contributed by atoms with E-state index in [1.54, 1.807) is 0 Å². The van der Waals surface area contributed by atoms with Crippen molar-refractivity contribution in [3.8, 4) is 0 Å². The van der Waals surface area contributed by atoms with E-state index in [0.29, 0.717) is 13.0 Å². The molecule has 1 aliphatic rings. The van der Waals surface area contributed by atoms with Crippen LogP contribution in [0.4, 0.5) is 15.0 Å². The van der Waals surface area contributed by atoms with E-state index in [9.17, 15) is 9.18 Å². The summed E-state index contributed by atoms with van der Waals surface area (Å²) in [6, 6.07) is 8.03. The number of hydrogen-bond donors (Lipinski definition) is 2. The summed E-state index contributed by atoms with van der Waals surface area (Å²) in [5, 5.41) is 5.22. The van der Waals surface area contributed by atoms with Gasteiger partial charge in [-0.25, -0.2) is 9.78 Å². The van der Waals surface area contributed by atoms with E-state index >= 15 is 0 Å². The van der Waals surface area contributed by atoms with Gasteiger partial charge in [0, 0.05) is 24.4 Å². The maximum Gasteiger partial charge on any atom is 0.320 e. The van der Waals surface area contributed by atoms with Crippen molar-refractivity contribution in [2.45, 2.75) is 32.1 Å². The van der Waals surface area contributed by atoms with Gasteiger partial charge in [-0.3, -0.25) is 10.3 Å². The zero-order chi connectivity index (χ0) is 16.1. The number of amides is 2. The smallest absolute Gasteiger partial charge is 0.320 e. The molecule has 0 fully saturated rings. The second-order valence-corrected chi connectivity index (χ2v) is 5.59. The molecule has 0 aliphatic heterocycles. The van der Waals surface area contributed by atoms with Crippen LogP contribution in [0.15, 0.2) is 30.3 Å². The summed E-state index contributed by atoms with van der Waals surface area (Å²) in [5.41, 5.74) is 3.53. The highest BCUT2D eigenvalue weighted by Gasteiger charge is 2.11. The van der Waals surface area contributed by atoms with Crippen LogP contribution in [0.2, 0.25) is 0 Å². The zero-order valence-corrected chi connectivity index (χ0v) is 12.8. The van der Waals surface area contributed by atoms with Crippen molar-refractivity contribution in [1.29, 1.82) is 0 Å². The number of anilines is 1. The first-order chi connectivity index (χ1) is 11.2. The molecule has 1 aliphatic carbocycles. The highest BCUT2D eigenvalue weighted by molar-refractivity contribution is 5.88. The second-order valence-electron chi connectivity index (χ2n) is 5.59. The lowest BCUT2D eigenvalue weighted by atomic mass is 9.96. The second kappa shape index (κ2) is 7.17. The largest absolute Gasteiger partial charge is 0.337 e. The summed E-state index contributed by atoms with van der Waals surface area (Å²) < 4.78 is 12.9. The highest BCUT2D eigenvalue weighted by Crippen LogP contribution is 2.19. The third-order valence-electron chi connectivity index (χ3n) is 3.86. The minimum absolute atomic E-state index is 0.189. The Morgan fingerprint density at radius 3 is 2.87 bits per heavy atom. The molecule has 2 N–H and O–H groups in total. The summed E-state index contributed by atoms with van der Waals surface area (Å²) in [6.07, 6.45) is 5.26. The lowest BCUT2D eigenvalue weighted by molar-refractivity contribution is 0.252. The molecule has 2 amide bonds. The third-order valence-corrected chi connectivity index (χ3v) is 3.86. The van der Waals surface area contributed by atoms with Crippen molar-refractivity contribution in [2.75, 3.05) is 11.9 Å². The average molecular weight is 314 g/mol. The Hall–Kier alpha value is -2.50. The quantitative estimate of drug-likeness (QED) is 0.853. The van der Waals surface area contributed by atoms with Crippen LogP contribution in [0.3, 0.4) is 0 Å². The summed E-state index contributed by atoms with van der Waals surface area (Å²) >= 11 is 0. The first kappa shape index (κ1) is 15.4. The Kier molecular flexibility index (Phi) is 4.80. The van der Waals surface area contributed by atoms with Gasteiger partial charge < -0.3 is 5.32 Å². The van der Waals surface area contributed by atoms with E-state index in [1.165, 1.54) is 42.3 Å². The Morgan fingerprint density at radius 1 is 1.13 bits per heavy atom. The van der Waals surface area contributed by atoms with E-state index < -0.39 is 12.0 Å². The maximum atomic E-state index is 12.9. The van der Waals surface area contributed by atoms with Crippen LogP contribution in [-0.2, 0) is 19.3 Å². The molecule has 0 spiro atoms. The number of pyridine rings is 2. The first-order valence-corrected chi connectivity index (χ1v) is 7.86. The number of carbonyl (C=O) groups is 1. The number of fused-ring (bicyclic) bond motifs is 1. The fourth-order valence-corrected chi connectivity index (χ4v) is 2.71. The minimum atomic E-state index is -0.624. The molecule has 0 atom stereocenters. The minimum Gasteiger partial charge on any atom is -0.337 e. The zero-order valence-electron chi connectivity index (χ0n) is 12.8. The molecule has 0 aromatic carbocycles. The molecule has 3 rings (SSSR count). The summed E-state index contributed by atoms with van der Waals surface area (Å²) in [4.78, 5) is 20.0. The van der Waals surface area contributed by atoms with Gasteiger partial charge in [0.05, 0.1) is 0 Å².